The number of nitrogens with zero attached hydrogens (tertiary/aromatic N) is 3. The molecular formula is C20H26FN5O7S2. The molecule has 2 atom stereocenters. The van der Waals surface area contributed by atoms with E-state index in [4.69, 9.17) is 20.0 Å². The first-order chi connectivity index (χ1) is 16.0. The second-order valence-electron chi connectivity index (χ2n) is 8.41. The molecule has 15 heteroatoms. The van der Waals surface area contributed by atoms with E-state index in [0.29, 0.717) is 11.3 Å². The number of thiazole rings is 1. The van der Waals surface area contributed by atoms with Crippen LogP contribution in [0.3, 0.4) is 0 Å². The van der Waals surface area contributed by atoms with Crippen LogP contribution in [-0.4, -0.2) is 70.4 Å². The fourth-order valence-electron chi connectivity index (χ4n) is 3.09. The molecule has 35 heavy (non-hydrogen) atoms. The smallest absolute Gasteiger partial charge is 0.357 e. The van der Waals surface area contributed by atoms with E-state index >= 15 is 0 Å². The third-order valence-electron chi connectivity index (χ3n) is 4.79. The Kier molecular flexibility index (Phi) is 8.84. The molecule has 3 heterocycles. The Morgan fingerprint density at radius 3 is 2.57 bits per heavy atom. The SMILES string of the molecule is CO/N=C(/C(=O)N[C@@H]1C(=O)N2C(C(=O)OCOC(=O)C(C)(C)C)=C(C)CS[C@H]12)c1csc(N)n1.F. The lowest BCUT2D eigenvalue weighted by atomic mass is 9.98. The molecule has 3 rings (SSSR count). The van der Waals surface area contributed by atoms with Crippen LogP contribution in [0.2, 0.25) is 0 Å². The van der Waals surface area contributed by atoms with E-state index < -0.39 is 47.4 Å². The Balaban J connectivity index is 0.00000432. The maximum atomic E-state index is 12.9. The molecule has 1 aromatic rings. The number of fused-ring (bicyclic) bond motifs is 1. The van der Waals surface area contributed by atoms with Crippen LogP contribution in [0.5, 0.6) is 0 Å². The van der Waals surface area contributed by atoms with E-state index in [1.54, 1.807) is 33.1 Å². The first kappa shape index (κ1) is 28.0. The van der Waals surface area contributed by atoms with E-state index in [9.17, 15) is 19.2 Å². The summed E-state index contributed by atoms with van der Waals surface area (Å²) in [5.41, 5.74) is 5.67. The van der Waals surface area contributed by atoms with Crippen LogP contribution in [0, 0.1) is 5.41 Å². The highest BCUT2D eigenvalue weighted by Gasteiger charge is 2.54. The molecule has 0 unspecified atom stereocenters. The average Bonchev–Trinajstić information content (AvgIpc) is 3.20. The molecule has 3 N–H and O–H groups in total. The van der Waals surface area contributed by atoms with Crippen molar-refractivity contribution in [1.29, 1.82) is 0 Å². The predicted molar refractivity (Wildman–Crippen MR) is 127 cm³/mol. The number of ether oxygens (including phenoxy) is 2. The summed E-state index contributed by atoms with van der Waals surface area (Å²) in [6.45, 7) is 6.15. The van der Waals surface area contributed by atoms with Crippen LogP contribution in [0.4, 0.5) is 9.84 Å². The molecule has 1 aromatic heterocycles. The number of carbonyl (C=O) groups is 4. The number of β-lactam (4-membered cyclic amide) rings is 1. The molecule has 0 radical (unpaired) electrons. The summed E-state index contributed by atoms with van der Waals surface area (Å²) in [5.74, 6) is -2.04. The monoisotopic (exact) mass is 531 g/mol. The number of carbonyl (C=O) groups excluding carboxylic acids is 4. The van der Waals surface area contributed by atoms with Crippen molar-refractivity contribution in [2.24, 2.45) is 10.6 Å². The van der Waals surface area contributed by atoms with E-state index in [1.807, 2.05) is 0 Å². The Morgan fingerprint density at radius 2 is 2.00 bits per heavy atom. The van der Waals surface area contributed by atoms with Crippen molar-refractivity contribution in [2.45, 2.75) is 39.1 Å². The zero-order valence-electron chi connectivity index (χ0n) is 19.6. The average molecular weight is 532 g/mol. The summed E-state index contributed by atoms with van der Waals surface area (Å²) in [7, 11) is 1.28. The number of thioether (sulfide) groups is 1. The van der Waals surface area contributed by atoms with Crippen LogP contribution in [-0.2, 0) is 33.5 Å². The van der Waals surface area contributed by atoms with Gasteiger partial charge in [-0.1, -0.05) is 5.16 Å². The van der Waals surface area contributed by atoms with Crippen molar-refractivity contribution in [2.75, 3.05) is 25.4 Å². The van der Waals surface area contributed by atoms with Gasteiger partial charge in [0.25, 0.3) is 11.8 Å². The molecule has 2 aliphatic rings. The third kappa shape index (κ3) is 5.90. The van der Waals surface area contributed by atoms with Crippen LogP contribution in [0.1, 0.15) is 33.4 Å². The summed E-state index contributed by atoms with van der Waals surface area (Å²) in [6.07, 6.45) is 0. The maximum absolute atomic E-state index is 12.9. The standard InChI is InChI=1S/C20H25N5O7S2.FH/c1-9-6-33-16-12(23-14(26)11(24-30-5)10-7-34-19(21)22-10)15(27)25(16)13(9)17(28)31-8-32-18(29)20(2,3)4;/h7,12,16H,6,8H2,1-5H3,(H2,21,22)(H,23,26);1H/b24-11+;/t12-,16-;/m1./s1. The number of hydrogen-bond acceptors (Lipinski definition) is 12. The first-order valence-electron chi connectivity index (χ1n) is 10.1. The lowest BCUT2D eigenvalue weighted by molar-refractivity contribution is -0.173. The summed E-state index contributed by atoms with van der Waals surface area (Å²) in [5, 5.41) is 7.60. The molecule has 12 nitrogen and oxygen atoms in total. The molecule has 0 bridgehead atoms. The minimum Gasteiger partial charge on any atom is -0.427 e. The molecule has 0 aromatic carbocycles. The lowest BCUT2D eigenvalue weighted by Crippen LogP contribution is -2.71. The summed E-state index contributed by atoms with van der Waals surface area (Å²) < 4.78 is 10.0. The van der Waals surface area contributed by atoms with Crippen molar-refractivity contribution in [3.05, 3.63) is 22.3 Å². The van der Waals surface area contributed by atoms with Gasteiger partial charge in [0.2, 0.25) is 6.79 Å². The number of anilines is 1. The predicted octanol–water partition coefficient (Wildman–Crippen LogP) is 0.992. The fourth-order valence-corrected chi connectivity index (χ4v) is 4.93. The number of aromatic nitrogens is 1. The highest BCUT2D eigenvalue weighted by atomic mass is 32.2. The van der Waals surface area contributed by atoms with E-state index in [1.165, 1.54) is 23.8 Å². The van der Waals surface area contributed by atoms with Crippen molar-refractivity contribution in [1.82, 2.24) is 15.2 Å². The number of nitrogen functional groups attached to an aromatic ring is 1. The quantitative estimate of drug-likeness (QED) is 0.171. The van der Waals surface area contributed by atoms with Crippen LogP contribution >= 0.6 is 23.1 Å². The number of esters is 2. The second kappa shape index (κ2) is 11.0. The normalized spacial score (nSPS) is 19.7. The van der Waals surface area contributed by atoms with Gasteiger partial charge in [-0.25, -0.2) is 9.78 Å². The molecule has 2 amide bonds. The molecule has 1 fully saturated rings. The van der Waals surface area contributed by atoms with Gasteiger partial charge in [-0.2, -0.15) is 0 Å². The number of rotatable bonds is 7. The summed E-state index contributed by atoms with van der Waals surface area (Å²) in [4.78, 5) is 60.3. The van der Waals surface area contributed by atoms with Gasteiger partial charge >= 0.3 is 11.9 Å². The molecule has 0 aliphatic carbocycles. The van der Waals surface area contributed by atoms with Crippen molar-refractivity contribution in [3.63, 3.8) is 0 Å². The molecule has 0 spiro atoms. The van der Waals surface area contributed by atoms with Gasteiger partial charge in [0, 0.05) is 11.1 Å². The Hall–Kier alpha value is -3.20. The number of amides is 2. The maximum Gasteiger partial charge on any atom is 0.357 e. The molecule has 0 saturated carbocycles. The first-order valence-corrected chi connectivity index (χ1v) is 12.0. The van der Waals surface area contributed by atoms with Gasteiger partial charge in [0.1, 0.15) is 29.9 Å². The molecule has 1 saturated heterocycles. The van der Waals surface area contributed by atoms with Crippen LogP contribution in [0.25, 0.3) is 0 Å². The minimum absolute atomic E-state index is 0. The van der Waals surface area contributed by atoms with Crippen LogP contribution < -0.4 is 11.1 Å². The van der Waals surface area contributed by atoms with Crippen molar-refractivity contribution >= 4 is 57.7 Å². The zero-order chi connectivity index (χ0) is 25.2. The summed E-state index contributed by atoms with van der Waals surface area (Å²) >= 11 is 2.52. The topological polar surface area (TPSA) is 163 Å². The van der Waals surface area contributed by atoms with Crippen LogP contribution in [0.15, 0.2) is 21.8 Å². The van der Waals surface area contributed by atoms with E-state index in [2.05, 4.69) is 15.5 Å². The van der Waals surface area contributed by atoms with Gasteiger partial charge in [0.05, 0.1) is 5.41 Å². The number of halogens is 1. The highest BCUT2D eigenvalue weighted by Crippen LogP contribution is 2.40. The minimum atomic E-state index is -0.898. The van der Waals surface area contributed by atoms with Gasteiger partial charge in [-0.05, 0) is 33.3 Å². The van der Waals surface area contributed by atoms with Gasteiger partial charge in [0.15, 0.2) is 10.8 Å². The van der Waals surface area contributed by atoms with Gasteiger partial charge in [-0.3, -0.25) is 24.0 Å². The largest absolute Gasteiger partial charge is 0.427 e. The number of hydrogen-bond donors (Lipinski definition) is 2. The third-order valence-corrected chi connectivity index (χ3v) is 6.89. The number of oxime groups is 1. The van der Waals surface area contributed by atoms with Crippen molar-refractivity contribution in [3.8, 4) is 0 Å². The lowest BCUT2D eigenvalue weighted by Gasteiger charge is -2.49. The summed E-state index contributed by atoms with van der Waals surface area (Å²) in [6, 6.07) is -0.898. The van der Waals surface area contributed by atoms with Gasteiger partial charge in [-0.15, -0.1) is 23.1 Å². The number of nitrogens with two attached hydrogens (primary N) is 1. The van der Waals surface area contributed by atoms with Crippen molar-refractivity contribution < 1.29 is 38.2 Å². The second-order valence-corrected chi connectivity index (χ2v) is 10.4. The molecular weight excluding hydrogens is 505 g/mol. The molecule has 192 valence electrons. The fraction of sp³-hybridized carbons (Fsp3) is 0.500. The van der Waals surface area contributed by atoms with Gasteiger partial charge < -0.3 is 25.4 Å². The number of nitrogens with one attached hydrogen (secondary N) is 1. The molecule has 2 aliphatic heterocycles. The van der Waals surface area contributed by atoms with E-state index in [0.717, 1.165) is 11.3 Å². The zero-order valence-corrected chi connectivity index (χ0v) is 21.3. The highest BCUT2D eigenvalue weighted by molar-refractivity contribution is 8.00. The Morgan fingerprint density at radius 1 is 1.31 bits per heavy atom. The Bertz CT molecular complexity index is 1080. The Labute approximate surface area is 208 Å². The van der Waals surface area contributed by atoms with E-state index in [-0.39, 0.29) is 26.9 Å².